The molecule has 0 radical (unpaired) electrons. The summed E-state index contributed by atoms with van der Waals surface area (Å²) in [5, 5.41) is 3.88. The molecule has 2 heterocycles. The number of aliphatic imine (C=N–C) groups is 1. The van der Waals surface area contributed by atoms with E-state index in [1.165, 1.54) is 32.1 Å². The Morgan fingerprint density at radius 3 is 2.64 bits per heavy atom. The summed E-state index contributed by atoms with van der Waals surface area (Å²) in [4.78, 5) is 9.72. The molecule has 2 saturated heterocycles. The van der Waals surface area contributed by atoms with Crippen molar-refractivity contribution in [2.45, 2.75) is 64.1 Å². The number of rotatable bonds is 4. The van der Waals surface area contributed by atoms with Crippen molar-refractivity contribution in [3.05, 3.63) is 0 Å². The van der Waals surface area contributed by atoms with Crippen molar-refractivity contribution in [2.75, 3.05) is 39.8 Å². The van der Waals surface area contributed by atoms with Crippen molar-refractivity contribution in [3.63, 3.8) is 0 Å². The highest BCUT2D eigenvalue weighted by atomic mass is 127. The lowest BCUT2D eigenvalue weighted by atomic mass is 9.46. The lowest BCUT2D eigenvalue weighted by Crippen LogP contribution is -2.72. The fourth-order valence-electron chi connectivity index (χ4n) is 5.86. The van der Waals surface area contributed by atoms with Gasteiger partial charge in [0, 0.05) is 50.2 Å². The van der Waals surface area contributed by atoms with E-state index in [4.69, 9.17) is 4.74 Å². The molecule has 4 aliphatic rings. The van der Waals surface area contributed by atoms with E-state index in [2.05, 4.69) is 34.0 Å². The standard InChI is InChI=1S/C19H34N4O.HI/c1-4-22(5-2)14-7-11-23(13-14)18(20-3)21-16-15-8-12-24-17(15)19(16)9-6-10-19;/h14-17H,4-13H2,1-3H3,(H,20,21);1H. The molecule has 5 nitrogen and oxygen atoms in total. The van der Waals surface area contributed by atoms with E-state index in [1.807, 2.05) is 7.05 Å². The molecule has 4 rings (SSSR count). The number of hydrogen-bond donors (Lipinski definition) is 1. The van der Waals surface area contributed by atoms with Crippen LogP contribution in [-0.4, -0.2) is 73.8 Å². The summed E-state index contributed by atoms with van der Waals surface area (Å²) in [6, 6.07) is 1.27. The number of likely N-dealkylation sites (tertiary alicyclic amines) is 1. The predicted molar refractivity (Wildman–Crippen MR) is 113 cm³/mol. The minimum atomic E-state index is 0. The quantitative estimate of drug-likeness (QED) is 0.396. The Morgan fingerprint density at radius 2 is 2.04 bits per heavy atom. The van der Waals surface area contributed by atoms with Crippen LogP contribution in [0.15, 0.2) is 4.99 Å². The number of halogens is 1. The van der Waals surface area contributed by atoms with Gasteiger partial charge < -0.3 is 15.0 Å². The fourth-order valence-corrected chi connectivity index (χ4v) is 5.86. The maximum atomic E-state index is 6.06. The molecule has 144 valence electrons. The molecule has 2 saturated carbocycles. The summed E-state index contributed by atoms with van der Waals surface area (Å²) < 4.78 is 6.06. The smallest absolute Gasteiger partial charge is 0.193 e. The second kappa shape index (κ2) is 7.89. The van der Waals surface area contributed by atoms with Crippen molar-refractivity contribution in [2.24, 2.45) is 16.3 Å². The first-order chi connectivity index (χ1) is 11.7. The Morgan fingerprint density at radius 1 is 1.28 bits per heavy atom. The zero-order chi connectivity index (χ0) is 16.7. The number of guanidine groups is 1. The summed E-state index contributed by atoms with van der Waals surface area (Å²) in [6.45, 7) is 10.0. The second-order valence-electron chi connectivity index (χ2n) is 8.11. The van der Waals surface area contributed by atoms with Gasteiger partial charge in [0.05, 0.1) is 6.10 Å². The number of nitrogens with one attached hydrogen (secondary N) is 1. The number of ether oxygens (including phenoxy) is 1. The van der Waals surface area contributed by atoms with Gasteiger partial charge in [0.1, 0.15) is 0 Å². The van der Waals surface area contributed by atoms with Crippen LogP contribution in [0, 0.1) is 11.3 Å². The monoisotopic (exact) mass is 462 g/mol. The van der Waals surface area contributed by atoms with Gasteiger partial charge in [0.25, 0.3) is 0 Å². The Labute approximate surface area is 170 Å². The Hall–Kier alpha value is -0.0800. The van der Waals surface area contributed by atoms with Crippen LogP contribution in [0.1, 0.15) is 46.0 Å². The summed E-state index contributed by atoms with van der Waals surface area (Å²) >= 11 is 0. The van der Waals surface area contributed by atoms with Crippen molar-refractivity contribution in [1.82, 2.24) is 15.1 Å². The van der Waals surface area contributed by atoms with Gasteiger partial charge in [-0.1, -0.05) is 20.3 Å². The molecule has 0 amide bonds. The van der Waals surface area contributed by atoms with Crippen LogP contribution < -0.4 is 5.32 Å². The van der Waals surface area contributed by atoms with Crippen LogP contribution in [0.3, 0.4) is 0 Å². The van der Waals surface area contributed by atoms with Gasteiger partial charge in [-0.05, 0) is 38.8 Å². The summed E-state index contributed by atoms with van der Waals surface area (Å²) in [5.74, 6) is 1.84. The van der Waals surface area contributed by atoms with E-state index in [9.17, 15) is 0 Å². The minimum absolute atomic E-state index is 0. The normalized spacial score (nSPS) is 36.0. The van der Waals surface area contributed by atoms with Gasteiger partial charge in [-0.2, -0.15) is 0 Å². The van der Waals surface area contributed by atoms with E-state index in [0.717, 1.165) is 38.7 Å². The highest BCUT2D eigenvalue weighted by Crippen LogP contribution is 2.62. The molecular weight excluding hydrogens is 427 g/mol. The van der Waals surface area contributed by atoms with Crippen LogP contribution in [0.5, 0.6) is 0 Å². The molecule has 0 bridgehead atoms. The van der Waals surface area contributed by atoms with Gasteiger partial charge >= 0.3 is 0 Å². The molecule has 1 N–H and O–H groups in total. The first-order valence-corrected chi connectivity index (χ1v) is 10.1. The maximum Gasteiger partial charge on any atom is 0.193 e. The van der Waals surface area contributed by atoms with E-state index in [1.54, 1.807) is 0 Å². The first kappa shape index (κ1) is 19.7. The summed E-state index contributed by atoms with van der Waals surface area (Å²) in [6.07, 6.45) is 7.06. The molecule has 1 spiro atoms. The summed E-state index contributed by atoms with van der Waals surface area (Å²) in [5.41, 5.74) is 0.426. The molecule has 0 aromatic carbocycles. The zero-order valence-electron chi connectivity index (χ0n) is 16.0. The molecule has 0 aromatic heterocycles. The molecule has 0 aromatic rings. The van der Waals surface area contributed by atoms with E-state index >= 15 is 0 Å². The third-order valence-electron chi connectivity index (χ3n) is 7.32. The lowest BCUT2D eigenvalue weighted by molar-refractivity contribution is -0.171. The molecule has 25 heavy (non-hydrogen) atoms. The number of nitrogens with zero attached hydrogens (tertiary/aromatic N) is 3. The van der Waals surface area contributed by atoms with Crippen LogP contribution >= 0.6 is 24.0 Å². The van der Waals surface area contributed by atoms with Crippen molar-refractivity contribution in [3.8, 4) is 0 Å². The van der Waals surface area contributed by atoms with E-state index < -0.39 is 0 Å². The van der Waals surface area contributed by atoms with Gasteiger partial charge in [-0.25, -0.2) is 0 Å². The number of likely N-dealkylation sites (N-methyl/N-ethyl adjacent to an activating group) is 1. The zero-order valence-corrected chi connectivity index (χ0v) is 18.4. The van der Waals surface area contributed by atoms with E-state index in [-0.39, 0.29) is 24.0 Å². The average molecular weight is 462 g/mol. The van der Waals surface area contributed by atoms with Crippen LogP contribution in [0.2, 0.25) is 0 Å². The highest BCUT2D eigenvalue weighted by molar-refractivity contribution is 14.0. The molecular formula is C19H35IN4O. The van der Waals surface area contributed by atoms with Crippen LogP contribution in [0.25, 0.3) is 0 Å². The molecule has 2 aliphatic carbocycles. The molecule has 4 fully saturated rings. The van der Waals surface area contributed by atoms with Gasteiger partial charge in [0.2, 0.25) is 0 Å². The molecule has 4 atom stereocenters. The maximum absolute atomic E-state index is 6.06. The first-order valence-electron chi connectivity index (χ1n) is 10.1. The molecule has 6 heteroatoms. The summed E-state index contributed by atoms with van der Waals surface area (Å²) in [7, 11) is 1.95. The third kappa shape index (κ3) is 3.10. The van der Waals surface area contributed by atoms with Crippen LogP contribution in [-0.2, 0) is 4.74 Å². The fraction of sp³-hybridized carbons (Fsp3) is 0.947. The predicted octanol–water partition coefficient (Wildman–Crippen LogP) is 2.55. The number of hydrogen-bond acceptors (Lipinski definition) is 3. The highest BCUT2D eigenvalue weighted by Gasteiger charge is 2.66. The van der Waals surface area contributed by atoms with Gasteiger partial charge in [-0.15, -0.1) is 24.0 Å². The second-order valence-corrected chi connectivity index (χ2v) is 8.11. The van der Waals surface area contributed by atoms with Crippen molar-refractivity contribution >= 4 is 29.9 Å². The molecule has 2 aliphatic heterocycles. The molecule has 4 unspecified atom stereocenters. The minimum Gasteiger partial charge on any atom is -0.377 e. The lowest BCUT2D eigenvalue weighted by Gasteiger charge is -2.63. The Kier molecular flexibility index (Phi) is 6.21. The number of fused-ring (bicyclic) bond motifs is 2. The SMILES string of the molecule is CCN(CC)C1CCN(C(=NC)NC2C3CCOC3C23CCC3)C1.I. The van der Waals surface area contributed by atoms with Gasteiger partial charge in [0.15, 0.2) is 5.96 Å². The average Bonchev–Trinajstić information content (AvgIpc) is 3.17. The van der Waals surface area contributed by atoms with Gasteiger partial charge in [-0.3, -0.25) is 9.89 Å². The largest absolute Gasteiger partial charge is 0.377 e. The third-order valence-corrected chi connectivity index (χ3v) is 7.32. The Balaban J connectivity index is 0.00000182. The van der Waals surface area contributed by atoms with Crippen molar-refractivity contribution in [1.29, 1.82) is 0 Å². The topological polar surface area (TPSA) is 40.1 Å². The Bertz CT molecular complexity index is 492. The van der Waals surface area contributed by atoms with E-state index in [0.29, 0.717) is 29.5 Å². The van der Waals surface area contributed by atoms with Crippen molar-refractivity contribution < 1.29 is 4.74 Å². The van der Waals surface area contributed by atoms with Crippen LogP contribution in [0.4, 0.5) is 0 Å².